The number of aryl methyl sites for hydroxylation is 1. The van der Waals surface area contributed by atoms with Crippen LogP contribution < -0.4 is 4.74 Å². The number of phenolic OH excluding ortho intramolecular Hbond substituents is 1. The first kappa shape index (κ1) is 19.0. The van der Waals surface area contributed by atoms with Gasteiger partial charge in [-0.1, -0.05) is 23.8 Å². The number of carbonyl (C=O) groups excluding carboxylic acids is 1. The highest BCUT2D eigenvalue weighted by Gasteiger charge is 2.42. The summed E-state index contributed by atoms with van der Waals surface area (Å²) in [6.45, 7) is 2.35. The molecule has 1 aliphatic heterocycles. The molecule has 1 amide bonds. The highest BCUT2D eigenvalue weighted by molar-refractivity contribution is 6.00. The van der Waals surface area contributed by atoms with E-state index in [0.717, 1.165) is 22.4 Å². The molecule has 0 saturated carbocycles. The van der Waals surface area contributed by atoms with Crippen molar-refractivity contribution in [2.75, 3.05) is 20.3 Å². The summed E-state index contributed by atoms with van der Waals surface area (Å²) in [5.74, 6) is 0.670. The Labute approximate surface area is 168 Å². The summed E-state index contributed by atoms with van der Waals surface area (Å²) in [6.07, 6.45) is 0.473. The van der Waals surface area contributed by atoms with Gasteiger partial charge in [-0.15, -0.1) is 0 Å². The predicted octanol–water partition coefficient (Wildman–Crippen LogP) is 3.03. The molecule has 0 saturated heterocycles. The van der Waals surface area contributed by atoms with Crippen molar-refractivity contribution >= 4 is 5.91 Å². The van der Waals surface area contributed by atoms with Gasteiger partial charge in [0.1, 0.15) is 22.9 Å². The molecular weight excluding hydrogens is 370 g/mol. The fourth-order valence-electron chi connectivity index (χ4n) is 3.85. The highest BCUT2D eigenvalue weighted by atomic mass is 16.5. The molecule has 2 heterocycles. The van der Waals surface area contributed by atoms with Crippen molar-refractivity contribution in [3.8, 4) is 22.8 Å². The number of aromatic nitrogens is 2. The Balaban J connectivity index is 1.87. The second-order valence-corrected chi connectivity index (χ2v) is 7.13. The molecule has 7 nitrogen and oxygen atoms in total. The van der Waals surface area contributed by atoms with Crippen LogP contribution in [-0.4, -0.2) is 51.5 Å². The quantitative estimate of drug-likeness (QED) is 0.598. The number of H-pyrrole nitrogens is 1. The van der Waals surface area contributed by atoms with Crippen molar-refractivity contribution in [1.82, 2.24) is 15.1 Å². The topological polar surface area (TPSA) is 98.7 Å². The first-order valence-electron chi connectivity index (χ1n) is 9.49. The Hall–Kier alpha value is -3.32. The number of rotatable bonds is 6. The smallest absolute Gasteiger partial charge is 0.273 e. The van der Waals surface area contributed by atoms with E-state index in [4.69, 9.17) is 4.74 Å². The summed E-state index contributed by atoms with van der Waals surface area (Å²) in [4.78, 5) is 14.8. The number of fused-ring (bicyclic) bond motifs is 1. The Morgan fingerprint density at radius 1 is 1.21 bits per heavy atom. The van der Waals surface area contributed by atoms with Crippen molar-refractivity contribution < 1.29 is 19.7 Å². The van der Waals surface area contributed by atoms with E-state index in [1.807, 2.05) is 43.3 Å². The van der Waals surface area contributed by atoms with Gasteiger partial charge in [0.05, 0.1) is 13.2 Å². The normalized spacial score (nSPS) is 15.6. The molecule has 0 bridgehead atoms. The fraction of sp³-hybridized carbons (Fsp3) is 0.273. The van der Waals surface area contributed by atoms with E-state index in [2.05, 4.69) is 10.2 Å². The second-order valence-electron chi connectivity index (χ2n) is 7.13. The molecule has 0 radical (unpaired) electrons. The number of phenols is 1. The molecule has 0 fully saturated rings. The fourth-order valence-corrected chi connectivity index (χ4v) is 3.85. The maximum absolute atomic E-state index is 13.1. The van der Waals surface area contributed by atoms with Crippen molar-refractivity contribution in [2.45, 2.75) is 19.4 Å². The van der Waals surface area contributed by atoms with E-state index >= 15 is 0 Å². The summed E-state index contributed by atoms with van der Waals surface area (Å²) >= 11 is 0. The van der Waals surface area contributed by atoms with Crippen LogP contribution in [0.2, 0.25) is 0 Å². The van der Waals surface area contributed by atoms with Gasteiger partial charge in [0, 0.05) is 24.3 Å². The van der Waals surface area contributed by atoms with Crippen molar-refractivity contribution in [1.29, 1.82) is 0 Å². The number of amides is 1. The van der Waals surface area contributed by atoms with Gasteiger partial charge in [-0.2, -0.15) is 5.10 Å². The third kappa shape index (κ3) is 3.23. The van der Waals surface area contributed by atoms with Crippen molar-refractivity contribution in [3.63, 3.8) is 0 Å². The first-order chi connectivity index (χ1) is 14.0. The van der Waals surface area contributed by atoms with Gasteiger partial charge in [-0.25, -0.2) is 0 Å². The average molecular weight is 393 g/mol. The minimum atomic E-state index is -0.372. The molecule has 1 atom stereocenters. The maximum atomic E-state index is 13.1. The van der Waals surface area contributed by atoms with Crippen LogP contribution in [0.4, 0.5) is 0 Å². The monoisotopic (exact) mass is 393 g/mol. The minimum Gasteiger partial charge on any atom is -0.507 e. The predicted molar refractivity (Wildman–Crippen MR) is 108 cm³/mol. The number of methoxy groups -OCH3 is 1. The van der Waals surface area contributed by atoms with Crippen LogP contribution in [0, 0.1) is 6.92 Å². The van der Waals surface area contributed by atoms with Crippen LogP contribution in [0.25, 0.3) is 11.3 Å². The number of carbonyl (C=O) groups is 1. The Morgan fingerprint density at radius 3 is 2.66 bits per heavy atom. The zero-order valence-electron chi connectivity index (χ0n) is 16.3. The molecule has 1 aliphatic rings. The van der Waals surface area contributed by atoms with E-state index in [-0.39, 0.29) is 24.3 Å². The molecule has 150 valence electrons. The number of aromatic amines is 1. The number of aromatic hydroxyl groups is 1. The first-order valence-corrected chi connectivity index (χ1v) is 9.49. The molecule has 2 aromatic carbocycles. The van der Waals surface area contributed by atoms with Crippen molar-refractivity contribution in [2.24, 2.45) is 0 Å². The zero-order chi connectivity index (χ0) is 20.5. The summed E-state index contributed by atoms with van der Waals surface area (Å²) in [5, 5.41) is 27.0. The van der Waals surface area contributed by atoms with Gasteiger partial charge in [0.15, 0.2) is 0 Å². The number of aliphatic hydroxyl groups is 1. The summed E-state index contributed by atoms with van der Waals surface area (Å²) in [6, 6.07) is 12.5. The number of hydrogen-bond acceptors (Lipinski definition) is 5. The van der Waals surface area contributed by atoms with Gasteiger partial charge in [-0.05, 0) is 43.2 Å². The summed E-state index contributed by atoms with van der Waals surface area (Å²) < 4.78 is 5.26. The van der Waals surface area contributed by atoms with Crippen LogP contribution in [0.5, 0.6) is 11.5 Å². The molecule has 3 N–H and O–H groups in total. The van der Waals surface area contributed by atoms with Crippen LogP contribution in [0.3, 0.4) is 0 Å². The number of aliphatic hydroxyl groups excluding tert-OH is 1. The molecule has 3 aromatic rings. The standard InChI is InChI=1S/C22H23N3O4/c1-13-4-9-17(27)16(12-13)19-18-20(24-23-19)22(28)25(10-3-11-26)21(18)14-5-7-15(29-2)8-6-14/h4-9,12,21,26-27H,3,10-11H2,1-2H3,(H,23,24)/t21-/m1/s1. The summed E-state index contributed by atoms with van der Waals surface area (Å²) in [5.41, 5.74) is 4.18. The molecule has 1 aromatic heterocycles. The minimum absolute atomic E-state index is 0.00315. The molecule has 0 unspecified atom stereocenters. The Morgan fingerprint density at radius 2 is 1.97 bits per heavy atom. The molecule has 7 heteroatoms. The number of hydrogen-bond donors (Lipinski definition) is 3. The van der Waals surface area contributed by atoms with E-state index in [9.17, 15) is 15.0 Å². The highest BCUT2D eigenvalue weighted by Crippen LogP contribution is 2.44. The number of ether oxygens (including phenoxy) is 1. The van der Waals surface area contributed by atoms with Crippen LogP contribution in [0.15, 0.2) is 42.5 Å². The lowest BCUT2D eigenvalue weighted by molar-refractivity contribution is 0.0732. The number of nitrogens with one attached hydrogen (secondary N) is 1. The Bertz CT molecular complexity index is 1040. The van der Waals surface area contributed by atoms with E-state index in [0.29, 0.717) is 29.9 Å². The molecule has 0 spiro atoms. The lowest BCUT2D eigenvalue weighted by Gasteiger charge is -2.26. The molecule has 29 heavy (non-hydrogen) atoms. The van der Waals surface area contributed by atoms with Gasteiger partial charge in [0.25, 0.3) is 5.91 Å². The van der Waals surface area contributed by atoms with E-state index in [1.54, 1.807) is 18.1 Å². The van der Waals surface area contributed by atoms with Crippen LogP contribution in [-0.2, 0) is 0 Å². The van der Waals surface area contributed by atoms with E-state index in [1.165, 1.54) is 0 Å². The third-order valence-electron chi connectivity index (χ3n) is 5.26. The number of benzene rings is 2. The zero-order valence-corrected chi connectivity index (χ0v) is 16.3. The van der Waals surface area contributed by atoms with Crippen molar-refractivity contribution in [3.05, 3.63) is 64.8 Å². The molecule has 0 aliphatic carbocycles. The van der Waals surface area contributed by atoms with Crippen LogP contribution >= 0.6 is 0 Å². The Kier molecular flexibility index (Phi) is 4.98. The van der Waals surface area contributed by atoms with E-state index < -0.39 is 0 Å². The van der Waals surface area contributed by atoms with Crippen LogP contribution in [0.1, 0.15) is 39.6 Å². The molecule has 4 rings (SSSR count). The van der Waals surface area contributed by atoms with Gasteiger partial charge >= 0.3 is 0 Å². The lowest BCUT2D eigenvalue weighted by atomic mass is 9.95. The second kappa shape index (κ2) is 7.60. The van der Waals surface area contributed by atoms with Gasteiger partial charge in [0.2, 0.25) is 0 Å². The third-order valence-corrected chi connectivity index (χ3v) is 5.26. The van der Waals surface area contributed by atoms with Gasteiger partial charge < -0.3 is 19.8 Å². The largest absolute Gasteiger partial charge is 0.507 e. The maximum Gasteiger partial charge on any atom is 0.273 e. The molecular formula is C22H23N3O4. The van der Waals surface area contributed by atoms with Gasteiger partial charge in [-0.3, -0.25) is 9.89 Å². The number of nitrogens with zero attached hydrogens (tertiary/aromatic N) is 2. The summed E-state index contributed by atoms with van der Waals surface area (Å²) in [7, 11) is 1.61. The average Bonchev–Trinajstić information content (AvgIpc) is 3.27. The SMILES string of the molecule is COc1ccc([C@@H]2c3c(-c4cc(C)ccc4O)n[nH]c3C(=O)N2CCCO)cc1. The lowest BCUT2D eigenvalue weighted by Crippen LogP contribution is -2.31.